The third-order valence-corrected chi connectivity index (χ3v) is 3.20. The van der Waals surface area contributed by atoms with Gasteiger partial charge in [0.15, 0.2) is 0 Å². The average molecular weight is 257 g/mol. The van der Waals surface area contributed by atoms with Crippen LogP contribution in [-0.2, 0) is 9.59 Å². The molecular weight excluding hydrogens is 230 g/mol. The molecule has 0 aliphatic heterocycles. The van der Waals surface area contributed by atoms with Gasteiger partial charge in [-0.2, -0.15) is 0 Å². The first-order chi connectivity index (χ1) is 8.30. The first kappa shape index (κ1) is 16.9. The molecule has 0 spiro atoms. The van der Waals surface area contributed by atoms with Crippen LogP contribution in [0.4, 0.5) is 0 Å². The summed E-state index contributed by atoms with van der Waals surface area (Å²) in [5.74, 6) is -0.176. The smallest absolute Gasteiger partial charge is 0.239 e. The van der Waals surface area contributed by atoms with Crippen molar-refractivity contribution in [1.29, 1.82) is 0 Å². The Morgan fingerprint density at radius 3 is 2.22 bits per heavy atom. The van der Waals surface area contributed by atoms with E-state index < -0.39 is 5.41 Å². The summed E-state index contributed by atoms with van der Waals surface area (Å²) in [6.45, 7) is 10.4. The maximum atomic E-state index is 12.3. The minimum Gasteiger partial charge on any atom is -0.352 e. The predicted molar refractivity (Wildman–Crippen MR) is 73.0 cm³/mol. The maximum absolute atomic E-state index is 12.3. The molecule has 18 heavy (non-hydrogen) atoms. The summed E-state index contributed by atoms with van der Waals surface area (Å²) in [5, 5.41) is 2.79. The second kappa shape index (κ2) is 7.36. The van der Waals surface area contributed by atoms with Gasteiger partial charge >= 0.3 is 0 Å². The molecule has 1 unspecified atom stereocenters. The first-order valence-corrected chi connectivity index (χ1v) is 6.59. The van der Waals surface area contributed by atoms with E-state index in [1.807, 2.05) is 34.6 Å². The van der Waals surface area contributed by atoms with Gasteiger partial charge in [-0.05, 0) is 34.1 Å². The second-order valence-corrected chi connectivity index (χ2v) is 5.16. The van der Waals surface area contributed by atoms with E-state index in [1.165, 1.54) is 0 Å². The van der Waals surface area contributed by atoms with Gasteiger partial charge in [0.25, 0.3) is 0 Å². The zero-order chi connectivity index (χ0) is 14.3. The Kier molecular flexibility index (Phi) is 6.91. The molecule has 106 valence electrons. The highest BCUT2D eigenvalue weighted by atomic mass is 16.2. The van der Waals surface area contributed by atoms with Gasteiger partial charge in [-0.15, -0.1) is 0 Å². The number of carbonyl (C=O) groups is 2. The monoisotopic (exact) mass is 257 g/mol. The Hall–Kier alpha value is -1.10. The highest BCUT2D eigenvalue weighted by Gasteiger charge is 2.33. The highest BCUT2D eigenvalue weighted by molar-refractivity contribution is 5.88. The fourth-order valence-electron chi connectivity index (χ4n) is 1.63. The summed E-state index contributed by atoms with van der Waals surface area (Å²) < 4.78 is 0. The normalized spacial score (nSPS) is 14.2. The molecule has 3 N–H and O–H groups in total. The Morgan fingerprint density at radius 1 is 1.33 bits per heavy atom. The standard InChI is InChI=1S/C13H27N3O2/c1-6-13(5,9-14)12(18)16(7-2)8-11(17)15-10(3)4/h10H,6-9,14H2,1-5H3,(H,15,17). The lowest BCUT2D eigenvalue weighted by Gasteiger charge is -2.32. The largest absolute Gasteiger partial charge is 0.352 e. The molecule has 0 aliphatic rings. The number of nitrogens with zero attached hydrogens (tertiary/aromatic N) is 1. The van der Waals surface area contributed by atoms with Crippen molar-refractivity contribution in [3.05, 3.63) is 0 Å². The molecule has 0 aromatic heterocycles. The van der Waals surface area contributed by atoms with Crippen molar-refractivity contribution < 1.29 is 9.59 Å². The van der Waals surface area contributed by atoms with E-state index in [0.717, 1.165) is 0 Å². The van der Waals surface area contributed by atoms with Gasteiger partial charge in [-0.3, -0.25) is 9.59 Å². The fourth-order valence-corrected chi connectivity index (χ4v) is 1.63. The van der Waals surface area contributed by atoms with Gasteiger partial charge in [-0.25, -0.2) is 0 Å². The number of rotatable bonds is 7. The SMILES string of the molecule is CCN(CC(=O)NC(C)C)C(=O)C(C)(CC)CN. The molecule has 0 radical (unpaired) electrons. The van der Waals surface area contributed by atoms with E-state index in [1.54, 1.807) is 4.90 Å². The third kappa shape index (κ3) is 4.64. The topological polar surface area (TPSA) is 75.4 Å². The van der Waals surface area contributed by atoms with E-state index in [4.69, 9.17) is 5.73 Å². The van der Waals surface area contributed by atoms with Crippen LogP contribution in [-0.4, -0.2) is 42.4 Å². The molecule has 2 amide bonds. The van der Waals surface area contributed by atoms with Crippen molar-refractivity contribution in [2.45, 2.75) is 47.1 Å². The van der Waals surface area contributed by atoms with Crippen molar-refractivity contribution in [2.24, 2.45) is 11.1 Å². The molecule has 5 heteroatoms. The molecule has 0 bridgehead atoms. The molecular formula is C13H27N3O2. The molecule has 1 atom stereocenters. The minimum atomic E-state index is -0.575. The van der Waals surface area contributed by atoms with Crippen LogP contribution in [0.15, 0.2) is 0 Å². The Bertz CT molecular complexity index is 286. The summed E-state index contributed by atoms with van der Waals surface area (Å²) in [7, 11) is 0. The van der Waals surface area contributed by atoms with E-state index in [9.17, 15) is 9.59 Å². The van der Waals surface area contributed by atoms with Crippen molar-refractivity contribution >= 4 is 11.8 Å². The third-order valence-electron chi connectivity index (χ3n) is 3.20. The van der Waals surface area contributed by atoms with Gasteiger partial charge < -0.3 is 16.0 Å². The van der Waals surface area contributed by atoms with E-state index in [0.29, 0.717) is 19.5 Å². The Labute approximate surface area is 110 Å². The number of hydrogen-bond acceptors (Lipinski definition) is 3. The summed E-state index contributed by atoms with van der Waals surface area (Å²) in [4.78, 5) is 25.6. The molecule has 0 rings (SSSR count). The van der Waals surface area contributed by atoms with Crippen molar-refractivity contribution in [3.63, 3.8) is 0 Å². The zero-order valence-electron chi connectivity index (χ0n) is 12.2. The molecule has 0 fully saturated rings. The van der Waals surface area contributed by atoms with Crippen LogP contribution in [0.25, 0.3) is 0 Å². The molecule has 0 aromatic carbocycles. The van der Waals surface area contributed by atoms with Gasteiger partial charge in [0.1, 0.15) is 0 Å². The number of nitrogens with two attached hydrogens (primary N) is 1. The Morgan fingerprint density at radius 2 is 1.89 bits per heavy atom. The summed E-state index contributed by atoms with van der Waals surface area (Å²) >= 11 is 0. The molecule has 0 heterocycles. The van der Waals surface area contributed by atoms with Crippen LogP contribution in [0.2, 0.25) is 0 Å². The number of carbonyl (C=O) groups excluding carboxylic acids is 2. The van der Waals surface area contributed by atoms with Crippen molar-refractivity contribution in [3.8, 4) is 0 Å². The fraction of sp³-hybridized carbons (Fsp3) is 0.846. The van der Waals surface area contributed by atoms with Crippen LogP contribution in [0.5, 0.6) is 0 Å². The second-order valence-electron chi connectivity index (χ2n) is 5.16. The van der Waals surface area contributed by atoms with Gasteiger partial charge in [0, 0.05) is 19.1 Å². The zero-order valence-corrected chi connectivity index (χ0v) is 12.2. The number of hydrogen-bond donors (Lipinski definition) is 2. The molecule has 0 aromatic rings. The van der Waals surface area contributed by atoms with Crippen LogP contribution in [0, 0.1) is 5.41 Å². The number of likely N-dealkylation sites (N-methyl/N-ethyl adjacent to an activating group) is 1. The lowest BCUT2D eigenvalue weighted by molar-refractivity contribution is -0.143. The van der Waals surface area contributed by atoms with Gasteiger partial charge in [0.2, 0.25) is 11.8 Å². The predicted octanol–water partition coefficient (Wildman–Crippen LogP) is 0.735. The Balaban J connectivity index is 4.68. The van der Waals surface area contributed by atoms with Crippen LogP contribution >= 0.6 is 0 Å². The quantitative estimate of drug-likeness (QED) is 0.706. The highest BCUT2D eigenvalue weighted by Crippen LogP contribution is 2.22. The average Bonchev–Trinajstić information content (AvgIpc) is 2.33. The molecule has 5 nitrogen and oxygen atoms in total. The molecule has 0 saturated heterocycles. The lowest BCUT2D eigenvalue weighted by Crippen LogP contribution is -2.50. The lowest BCUT2D eigenvalue weighted by atomic mass is 9.86. The summed E-state index contributed by atoms with van der Waals surface area (Å²) in [6, 6.07) is 0.0818. The van der Waals surface area contributed by atoms with Crippen molar-refractivity contribution in [1.82, 2.24) is 10.2 Å². The molecule has 0 aliphatic carbocycles. The molecule has 0 saturated carbocycles. The first-order valence-electron chi connectivity index (χ1n) is 6.59. The van der Waals surface area contributed by atoms with Crippen LogP contribution < -0.4 is 11.1 Å². The van der Waals surface area contributed by atoms with Crippen molar-refractivity contribution in [2.75, 3.05) is 19.6 Å². The van der Waals surface area contributed by atoms with Gasteiger partial charge in [-0.1, -0.05) is 6.92 Å². The number of amides is 2. The maximum Gasteiger partial charge on any atom is 0.239 e. The van der Waals surface area contributed by atoms with Crippen LogP contribution in [0.1, 0.15) is 41.0 Å². The van der Waals surface area contributed by atoms with E-state index in [-0.39, 0.29) is 24.4 Å². The van der Waals surface area contributed by atoms with Crippen LogP contribution in [0.3, 0.4) is 0 Å². The summed E-state index contributed by atoms with van der Waals surface area (Å²) in [6.07, 6.45) is 0.671. The van der Waals surface area contributed by atoms with E-state index in [2.05, 4.69) is 5.32 Å². The van der Waals surface area contributed by atoms with E-state index >= 15 is 0 Å². The van der Waals surface area contributed by atoms with Gasteiger partial charge in [0.05, 0.1) is 12.0 Å². The number of nitrogens with one attached hydrogen (secondary N) is 1. The minimum absolute atomic E-state index is 0.0473. The summed E-state index contributed by atoms with van der Waals surface area (Å²) in [5.41, 5.74) is 5.10.